The lowest BCUT2D eigenvalue weighted by atomic mass is 10.1. The molecule has 1 atom stereocenters. The molecule has 1 N–H and O–H groups in total. The number of rotatable bonds is 6. The third-order valence-electron chi connectivity index (χ3n) is 3.60. The maximum absolute atomic E-state index is 12.6. The van der Waals surface area contributed by atoms with Gasteiger partial charge in [0.15, 0.2) is 0 Å². The van der Waals surface area contributed by atoms with Gasteiger partial charge >= 0.3 is 12.0 Å². The minimum absolute atomic E-state index is 0.000499. The van der Waals surface area contributed by atoms with Crippen LogP contribution in [-0.2, 0) is 9.53 Å². The van der Waals surface area contributed by atoms with Gasteiger partial charge < -0.3 is 19.6 Å². The van der Waals surface area contributed by atoms with Gasteiger partial charge in [-0.05, 0) is 26.7 Å². The van der Waals surface area contributed by atoms with E-state index in [-0.39, 0.29) is 24.5 Å². The topological polar surface area (TPSA) is 70.1 Å². The molecule has 6 heteroatoms. The summed E-state index contributed by atoms with van der Waals surface area (Å²) >= 11 is 0. The Kier molecular flexibility index (Phi) is 6.78. The van der Waals surface area contributed by atoms with Crippen molar-refractivity contribution in [2.75, 3.05) is 26.3 Å². The fourth-order valence-corrected chi connectivity index (χ4v) is 2.39. The zero-order chi connectivity index (χ0) is 15.1. The summed E-state index contributed by atoms with van der Waals surface area (Å²) in [5, 5.41) is 8.70. The number of nitrogens with zero attached hydrogens (tertiary/aromatic N) is 2. The molecule has 1 aliphatic heterocycles. The molecular formula is C14H26N2O4. The summed E-state index contributed by atoms with van der Waals surface area (Å²) in [7, 11) is 0. The van der Waals surface area contributed by atoms with Crippen LogP contribution in [-0.4, -0.2) is 65.3 Å². The van der Waals surface area contributed by atoms with Crippen molar-refractivity contribution in [3.63, 3.8) is 0 Å². The highest BCUT2D eigenvalue weighted by Gasteiger charge is 2.30. The number of ether oxygens (including phenoxy) is 1. The van der Waals surface area contributed by atoms with E-state index in [1.165, 1.54) is 0 Å². The molecule has 0 aromatic heterocycles. The zero-order valence-electron chi connectivity index (χ0n) is 12.7. The van der Waals surface area contributed by atoms with Crippen molar-refractivity contribution in [3.8, 4) is 0 Å². The lowest BCUT2D eigenvalue weighted by Gasteiger charge is -2.40. The van der Waals surface area contributed by atoms with Crippen LogP contribution in [0.1, 0.15) is 40.0 Å². The first-order chi connectivity index (χ1) is 9.47. The second-order valence-corrected chi connectivity index (χ2v) is 5.40. The molecule has 0 aliphatic carbocycles. The second-order valence-electron chi connectivity index (χ2n) is 5.40. The van der Waals surface area contributed by atoms with E-state index < -0.39 is 5.97 Å². The van der Waals surface area contributed by atoms with Gasteiger partial charge in [-0.2, -0.15) is 0 Å². The maximum Gasteiger partial charge on any atom is 0.320 e. The van der Waals surface area contributed by atoms with Crippen molar-refractivity contribution in [2.24, 2.45) is 0 Å². The van der Waals surface area contributed by atoms with E-state index in [0.29, 0.717) is 32.7 Å². The molecule has 1 heterocycles. The van der Waals surface area contributed by atoms with Gasteiger partial charge in [0.1, 0.15) is 0 Å². The van der Waals surface area contributed by atoms with Crippen LogP contribution in [0.25, 0.3) is 0 Å². The highest BCUT2D eigenvalue weighted by Crippen LogP contribution is 2.15. The summed E-state index contributed by atoms with van der Waals surface area (Å²) in [6.45, 7) is 8.21. The van der Waals surface area contributed by atoms with Crippen LogP contribution in [0.3, 0.4) is 0 Å². The Labute approximate surface area is 120 Å². The second kappa shape index (κ2) is 8.09. The van der Waals surface area contributed by atoms with Crippen LogP contribution in [0.2, 0.25) is 0 Å². The van der Waals surface area contributed by atoms with Crippen molar-refractivity contribution in [1.29, 1.82) is 0 Å². The molecule has 1 rings (SSSR count). The smallest absolute Gasteiger partial charge is 0.320 e. The molecule has 0 spiro atoms. The van der Waals surface area contributed by atoms with Crippen LogP contribution in [0.15, 0.2) is 0 Å². The maximum atomic E-state index is 12.6. The average molecular weight is 286 g/mol. The molecule has 0 saturated carbocycles. The third kappa shape index (κ3) is 4.67. The number of carboxylic acids is 1. The summed E-state index contributed by atoms with van der Waals surface area (Å²) in [6.07, 6.45) is 1.45. The first kappa shape index (κ1) is 16.8. The van der Waals surface area contributed by atoms with Crippen LogP contribution in [0.5, 0.6) is 0 Å². The standard InChI is InChI=1S/C14H26N2O4/c1-4-12-10-20-9-8-16(12)14(19)15(11(2)3)7-5-6-13(17)18/h11-12H,4-10H2,1-3H3,(H,17,18). The van der Waals surface area contributed by atoms with Gasteiger partial charge in [0, 0.05) is 25.6 Å². The van der Waals surface area contributed by atoms with Crippen LogP contribution in [0.4, 0.5) is 4.79 Å². The van der Waals surface area contributed by atoms with E-state index in [4.69, 9.17) is 9.84 Å². The van der Waals surface area contributed by atoms with E-state index >= 15 is 0 Å². The quantitative estimate of drug-likeness (QED) is 0.808. The molecule has 1 unspecified atom stereocenters. The Balaban J connectivity index is 2.64. The van der Waals surface area contributed by atoms with Gasteiger partial charge in [-0.15, -0.1) is 0 Å². The highest BCUT2D eigenvalue weighted by molar-refractivity contribution is 5.75. The van der Waals surface area contributed by atoms with E-state index in [9.17, 15) is 9.59 Å². The molecule has 0 radical (unpaired) electrons. The fraction of sp³-hybridized carbons (Fsp3) is 0.857. The summed E-state index contributed by atoms with van der Waals surface area (Å²) in [5.41, 5.74) is 0. The molecule has 1 aliphatic rings. The molecule has 20 heavy (non-hydrogen) atoms. The first-order valence-electron chi connectivity index (χ1n) is 7.34. The Morgan fingerprint density at radius 3 is 2.70 bits per heavy atom. The van der Waals surface area contributed by atoms with Gasteiger partial charge in [0.25, 0.3) is 0 Å². The highest BCUT2D eigenvalue weighted by atomic mass is 16.5. The average Bonchev–Trinajstić information content (AvgIpc) is 2.42. The van der Waals surface area contributed by atoms with Crippen molar-refractivity contribution >= 4 is 12.0 Å². The largest absolute Gasteiger partial charge is 0.481 e. The van der Waals surface area contributed by atoms with Gasteiger partial charge in [-0.3, -0.25) is 4.79 Å². The summed E-state index contributed by atoms with van der Waals surface area (Å²) in [6, 6.07) is 0.189. The minimum Gasteiger partial charge on any atom is -0.481 e. The Hall–Kier alpha value is -1.30. The van der Waals surface area contributed by atoms with Crippen LogP contribution < -0.4 is 0 Å². The number of carbonyl (C=O) groups is 2. The van der Waals surface area contributed by atoms with Crippen LogP contribution >= 0.6 is 0 Å². The number of hydrogen-bond acceptors (Lipinski definition) is 3. The number of aliphatic carboxylic acids is 1. The first-order valence-corrected chi connectivity index (χ1v) is 7.34. The molecule has 0 bridgehead atoms. The monoisotopic (exact) mass is 286 g/mol. The number of hydrogen-bond donors (Lipinski definition) is 1. The number of carbonyl (C=O) groups excluding carboxylic acids is 1. The predicted molar refractivity (Wildman–Crippen MR) is 75.7 cm³/mol. The van der Waals surface area contributed by atoms with E-state index in [0.717, 1.165) is 6.42 Å². The van der Waals surface area contributed by atoms with Crippen molar-refractivity contribution in [3.05, 3.63) is 0 Å². The number of amides is 2. The van der Waals surface area contributed by atoms with Gasteiger partial charge in [-0.1, -0.05) is 6.92 Å². The number of urea groups is 1. The predicted octanol–water partition coefficient (Wildman–Crippen LogP) is 1.79. The van der Waals surface area contributed by atoms with Crippen LogP contribution in [0, 0.1) is 0 Å². The number of carboxylic acid groups (broad SMARTS) is 1. The van der Waals surface area contributed by atoms with E-state index in [1.807, 2.05) is 25.7 Å². The molecule has 6 nitrogen and oxygen atoms in total. The Morgan fingerprint density at radius 2 is 2.15 bits per heavy atom. The van der Waals surface area contributed by atoms with Gasteiger partial charge in [-0.25, -0.2) is 4.79 Å². The minimum atomic E-state index is -0.820. The lowest BCUT2D eigenvalue weighted by Crippen LogP contribution is -2.55. The molecule has 0 aromatic carbocycles. The third-order valence-corrected chi connectivity index (χ3v) is 3.60. The molecule has 0 aromatic rings. The Morgan fingerprint density at radius 1 is 1.45 bits per heavy atom. The van der Waals surface area contributed by atoms with E-state index in [2.05, 4.69) is 0 Å². The van der Waals surface area contributed by atoms with Crippen molar-refractivity contribution < 1.29 is 19.4 Å². The number of morpholine rings is 1. The van der Waals surface area contributed by atoms with Gasteiger partial charge in [0.05, 0.1) is 19.3 Å². The SMILES string of the molecule is CCC1COCCN1C(=O)N(CCCC(=O)O)C(C)C. The Bertz CT molecular complexity index is 333. The molecule has 1 saturated heterocycles. The summed E-state index contributed by atoms with van der Waals surface area (Å²) in [4.78, 5) is 26.8. The van der Waals surface area contributed by atoms with Crippen molar-refractivity contribution in [1.82, 2.24) is 9.80 Å². The summed E-state index contributed by atoms with van der Waals surface area (Å²) in [5.74, 6) is -0.820. The lowest BCUT2D eigenvalue weighted by molar-refractivity contribution is -0.137. The molecule has 116 valence electrons. The molecular weight excluding hydrogens is 260 g/mol. The fourth-order valence-electron chi connectivity index (χ4n) is 2.39. The van der Waals surface area contributed by atoms with Gasteiger partial charge in [0.2, 0.25) is 0 Å². The molecule has 2 amide bonds. The summed E-state index contributed by atoms with van der Waals surface area (Å²) < 4.78 is 5.42. The van der Waals surface area contributed by atoms with E-state index in [1.54, 1.807) is 4.90 Å². The molecule has 1 fully saturated rings. The normalized spacial score (nSPS) is 19.2. The zero-order valence-corrected chi connectivity index (χ0v) is 12.7. The van der Waals surface area contributed by atoms with Crippen molar-refractivity contribution in [2.45, 2.75) is 52.1 Å².